The van der Waals surface area contributed by atoms with Crippen molar-refractivity contribution in [2.24, 2.45) is 0 Å². The van der Waals surface area contributed by atoms with Crippen molar-refractivity contribution < 1.29 is 14.3 Å². The van der Waals surface area contributed by atoms with Gasteiger partial charge < -0.3 is 24.6 Å². The molecule has 1 aromatic heterocycles. The van der Waals surface area contributed by atoms with Crippen LogP contribution < -0.4 is 19.7 Å². The second-order valence-corrected chi connectivity index (χ2v) is 11.1. The van der Waals surface area contributed by atoms with E-state index in [-0.39, 0.29) is 22.3 Å². The maximum Gasteiger partial charge on any atom is 0.258 e. The van der Waals surface area contributed by atoms with Gasteiger partial charge >= 0.3 is 0 Å². The van der Waals surface area contributed by atoms with Crippen LogP contribution in [0.25, 0.3) is 0 Å². The molecule has 3 saturated heterocycles. The first-order chi connectivity index (χ1) is 18.4. The number of aromatic nitrogens is 2. The minimum absolute atomic E-state index is 0.0425. The van der Waals surface area contributed by atoms with Crippen LogP contribution in [0.1, 0.15) is 35.2 Å². The van der Waals surface area contributed by atoms with Gasteiger partial charge in [-0.25, -0.2) is 4.98 Å². The average Bonchev–Trinajstić information content (AvgIpc) is 3.72. The molecule has 1 amide bonds. The number of benzene rings is 2. The molecule has 3 aromatic rings. The van der Waals surface area contributed by atoms with Gasteiger partial charge in [0, 0.05) is 44.0 Å². The molecule has 1 spiro atoms. The lowest BCUT2D eigenvalue weighted by Crippen LogP contribution is -2.67. The van der Waals surface area contributed by atoms with Crippen molar-refractivity contribution in [3.05, 3.63) is 58.7 Å². The van der Waals surface area contributed by atoms with Gasteiger partial charge in [-0.05, 0) is 50.1 Å². The van der Waals surface area contributed by atoms with Gasteiger partial charge in [0.05, 0.1) is 30.1 Å². The van der Waals surface area contributed by atoms with Gasteiger partial charge in [-0.2, -0.15) is 4.98 Å². The van der Waals surface area contributed by atoms with Gasteiger partial charge in [-0.3, -0.25) is 9.69 Å². The van der Waals surface area contributed by atoms with Crippen molar-refractivity contribution in [1.29, 1.82) is 0 Å². The summed E-state index contributed by atoms with van der Waals surface area (Å²) in [4.78, 5) is 28.6. The molecule has 1 saturated carbocycles. The zero-order chi connectivity index (χ0) is 26.2. The van der Waals surface area contributed by atoms with E-state index in [4.69, 9.17) is 21.1 Å². The fraction of sp³-hybridized carbons (Fsp3) is 0.393. The number of piperazine rings is 1. The number of fused-ring (bicyclic) bond motifs is 4. The molecule has 1 N–H and O–H groups in total. The van der Waals surface area contributed by atoms with Crippen LogP contribution >= 0.6 is 11.6 Å². The number of methoxy groups -OCH3 is 1. The first-order valence-electron chi connectivity index (χ1n) is 12.9. The summed E-state index contributed by atoms with van der Waals surface area (Å²) in [7, 11) is 5.71. The molecule has 2 aromatic carbocycles. The second-order valence-electron chi connectivity index (χ2n) is 10.6. The van der Waals surface area contributed by atoms with Crippen LogP contribution in [0.4, 0.5) is 17.3 Å². The van der Waals surface area contributed by atoms with Gasteiger partial charge in [0.25, 0.3) is 5.91 Å². The van der Waals surface area contributed by atoms with Gasteiger partial charge in [-0.1, -0.05) is 23.7 Å². The molecule has 4 aliphatic heterocycles. The van der Waals surface area contributed by atoms with Crippen LogP contribution in [0.15, 0.2) is 42.6 Å². The van der Waals surface area contributed by atoms with E-state index in [9.17, 15) is 4.79 Å². The number of ether oxygens (including phenoxy) is 2. The molecule has 5 aliphatic rings. The van der Waals surface area contributed by atoms with Crippen LogP contribution in [0.3, 0.4) is 0 Å². The lowest BCUT2D eigenvalue weighted by molar-refractivity contribution is 0.0264. The Balaban J connectivity index is 1.13. The van der Waals surface area contributed by atoms with Crippen molar-refractivity contribution in [3.8, 4) is 17.4 Å². The van der Waals surface area contributed by atoms with Crippen LogP contribution in [0, 0.1) is 0 Å². The van der Waals surface area contributed by atoms with Crippen LogP contribution in [0.5, 0.6) is 17.4 Å². The molecule has 0 radical (unpaired) electrons. The first kappa shape index (κ1) is 23.5. The molecule has 2 unspecified atom stereocenters. The predicted octanol–water partition coefficient (Wildman–Crippen LogP) is 4.64. The number of anilines is 3. The van der Waals surface area contributed by atoms with Crippen molar-refractivity contribution >= 4 is 34.8 Å². The molecule has 4 fully saturated rings. The number of carbonyl (C=O) groups excluding carboxylic acids is 1. The summed E-state index contributed by atoms with van der Waals surface area (Å²) in [6, 6.07) is 13.0. The number of halogens is 1. The number of likely N-dealkylation sites (N-methyl/N-ethyl adjacent to an activating group) is 1. The number of amides is 1. The molecule has 10 heteroatoms. The van der Waals surface area contributed by atoms with Gasteiger partial charge in [0.1, 0.15) is 16.5 Å². The van der Waals surface area contributed by atoms with Gasteiger partial charge in [-0.15, -0.1) is 0 Å². The standard InChI is InChI=1S/C28H29ClN6O3/c1-33-17-11-18(33)15-35(14-17)16-7-8-21(23(12-16)37-3)31-27-30-13-20(29)25(32-27)38-22-6-4-5-19-24(22)26(36)34(2)28(19)9-10-28/h4-8,12-13,17-18H,9-11,14-15H2,1-3H3,(H,30,31,32). The van der Waals surface area contributed by atoms with E-state index < -0.39 is 0 Å². The summed E-state index contributed by atoms with van der Waals surface area (Å²) < 4.78 is 11.8. The molecular weight excluding hydrogens is 504 g/mol. The minimum Gasteiger partial charge on any atom is -0.494 e. The minimum atomic E-state index is -0.193. The maximum atomic E-state index is 13.1. The predicted molar refractivity (Wildman–Crippen MR) is 145 cm³/mol. The third-order valence-electron chi connectivity index (χ3n) is 8.69. The van der Waals surface area contributed by atoms with E-state index in [0.717, 1.165) is 42.9 Å². The number of hydrogen-bond donors (Lipinski definition) is 1. The fourth-order valence-corrected chi connectivity index (χ4v) is 6.32. The monoisotopic (exact) mass is 532 g/mol. The Morgan fingerprint density at radius 3 is 2.61 bits per heavy atom. The van der Waals surface area contributed by atoms with Crippen molar-refractivity contribution in [3.63, 3.8) is 0 Å². The van der Waals surface area contributed by atoms with E-state index in [0.29, 0.717) is 35.1 Å². The van der Waals surface area contributed by atoms with E-state index in [1.165, 1.54) is 12.6 Å². The van der Waals surface area contributed by atoms with Gasteiger partial charge in [0.2, 0.25) is 11.8 Å². The number of rotatable bonds is 6. The van der Waals surface area contributed by atoms with E-state index >= 15 is 0 Å². The van der Waals surface area contributed by atoms with Crippen LogP contribution in [0.2, 0.25) is 5.02 Å². The van der Waals surface area contributed by atoms with Crippen molar-refractivity contribution in [2.75, 3.05) is 44.5 Å². The number of nitrogens with zero attached hydrogens (tertiary/aromatic N) is 5. The lowest BCUT2D eigenvalue weighted by Gasteiger charge is -2.55. The Morgan fingerprint density at radius 2 is 1.89 bits per heavy atom. The van der Waals surface area contributed by atoms with E-state index in [1.807, 2.05) is 36.2 Å². The highest BCUT2D eigenvalue weighted by Gasteiger charge is 2.57. The van der Waals surface area contributed by atoms with Crippen LogP contribution in [-0.2, 0) is 5.54 Å². The number of hydrogen-bond acceptors (Lipinski definition) is 8. The molecule has 2 atom stereocenters. The zero-order valence-electron chi connectivity index (χ0n) is 21.6. The lowest BCUT2D eigenvalue weighted by atomic mass is 9.88. The third kappa shape index (κ3) is 3.52. The van der Waals surface area contributed by atoms with E-state index in [2.05, 4.69) is 38.2 Å². The van der Waals surface area contributed by atoms with Crippen molar-refractivity contribution in [1.82, 2.24) is 19.8 Å². The summed E-state index contributed by atoms with van der Waals surface area (Å²) in [6.45, 7) is 2.04. The molecule has 5 heterocycles. The number of carbonyl (C=O) groups is 1. The Bertz CT molecular complexity index is 1450. The quantitative estimate of drug-likeness (QED) is 0.491. The number of piperidine rings is 1. The molecule has 8 rings (SSSR count). The Hall–Kier alpha value is -3.56. The molecule has 196 valence electrons. The Kier molecular flexibility index (Phi) is 5.25. The van der Waals surface area contributed by atoms with E-state index in [1.54, 1.807) is 13.2 Å². The van der Waals surface area contributed by atoms with Gasteiger partial charge in [0.15, 0.2) is 0 Å². The van der Waals surface area contributed by atoms with Crippen LogP contribution in [-0.4, -0.2) is 72.1 Å². The topological polar surface area (TPSA) is 83.1 Å². The Morgan fingerprint density at radius 1 is 1.11 bits per heavy atom. The fourth-order valence-electron chi connectivity index (χ4n) is 6.19. The van der Waals surface area contributed by atoms with Crippen molar-refractivity contribution in [2.45, 2.75) is 36.9 Å². The largest absolute Gasteiger partial charge is 0.494 e. The molecule has 9 nitrogen and oxygen atoms in total. The highest BCUT2D eigenvalue weighted by atomic mass is 35.5. The zero-order valence-corrected chi connectivity index (χ0v) is 22.3. The molecule has 2 bridgehead atoms. The highest BCUT2D eigenvalue weighted by Crippen LogP contribution is 2.57. The second kappa shape index (κ2) is 8.47. The smallest absolute Gasteiger partial charge is 0.258 e. The first-order valence-corrected chi connectivity index (χ1v) is 13.3. The third-order valence-corrected chi connectivity index (χ3v) is 8.94. The summed E-state index contributed by atoms with van der Waals surface area (Å²) in [6.07, 6.45) is 4.69. The maximum absolute atomic E-state index is 13.1. The molecular formula is C28H29ClN6O3. The Labute approximate surface area is 226 Å². The summed E-state index contributed by atoms with van der Waals surface area (Å²) >= 11 is 6.42. The SMILES string of the molecule is COc1cc(N2CC3CC(C2)N3C)ccc1Nc1ncc(Cl)c(Oc2cccc3c2C(=O)N(C)C32CC2)n1. The highest BCUT2D eigenvalue weighted by molar-refractivity contribution is 6.31. The summed E-state index contributed by atoms with van der Waals surface area (Å²) in [5, 5.41) is 3.49. The summed E-state index contributed by atoms with van der Waals surface area (Å²) in [5.74, 6) is 1.59. The normalized spacial score (nSPS) is 22.8. The number of nitrogens with one attached hydrogen (secondary N) is 1. The molecule has 38 heavy (non-hydrogen) atoms. The average molecular weight is 533 g/mol. The molecule has 1 aliphatic carbocycles. The summed E-state index contributed by atoms with van der Waals surface area (Å²) in [5.41, 5.74) is 3.26.